The Morgan fingerprint density at radius 2 is 1.55 bits per heavy atom. The molecule has 0 aliphatic heterocycles. The Morgan fingerprint density at radius 1 is 0.875 bits per heavy atom. The summed E-state index contributed by atoms with van der Waals surface area (Å²) in [5, 5.41) is 13.6. The number of rotatable bonds is 6. The minimum atomic E-state index is -0.0696. The number of aromatic nitrogens is 1. The highest BCUT2D eigenvalue weighted by Crippen LogP contribution is 2.29. The topological polar surface area (TPSA) is 57.8 Å². The summed E-state index contributed by atoms with van der Waals surface area (Å²) in [5.74, 6) is -0.0696. The van der Waals surface area contributed by atoms with Crippen molar-refractivity contribution in [2.75, 3.05) is 0 Å². The number of aryl methyl sites for hydroxylation is 1. The Hall–Kier alpha value is -4.62. The molecule has 0 atom stereocenters. The molecule has 1 amide bonds. The van der Waals surface area contributed by atoms with Crippen molar-refractivity contribution in [3.05, 3.63) is 130 Å². The minimum absolute atomic E-state index is 0.0696. The number of benzene rings is 4. The number of nitrogens with zero attached hydrogens (tertiary/aromatic N) is 2. The SMILES string of the molecule is Cc1c(C)n(Cc2ccc(-c3ccccc3C#N)cc2)c2ccc(C(=O)NCc3ccc(C(C)(C)C)cc3)cc12. The fourth-order valence-corrected chi connectivity index (χ4v) is 5.21. The van der Waals surface area contributed by atoms with Crippen LogP contribution < -0.4 is 5.32 Å². The first-order valence-electron chi connectivity index (χ1n) is 13.7. The van der Waals surface area contributed by atoms with Gasteiger partial charge in [-0.15, -0.1) is 0 Å². The maximum atomic E-state index is 13.0. The van der Waals surface area contributed by atoms with E-state index in [1.54, 1.807) is 0 Å². The third-order valence-electron chi connectivity index (χ3n) is 7.83. The lowest BCUT2D eigenvalue weighted by Gasteiger charge is -2.19. The van der Waals surface area contributed by atoms with Gasteiger partial charge in [0.2, 0.25) is 0 Å². The molecule has 4 nitrogen and oxygen atoms in total. The largest absolute Gasteiger partial charge is 0.348 e. The van der Waals surface area contributed by atoms with Crippen LogP contribution >= 0.6 is 0 Å². The third-order valence-corrected chi connectivity index (χ3v) is 7.83. The van der Waals surface area contributed by atoms with Crippen molar-refractivity contribution in [2.45, 2.75) is 53.1 Å². The summed E-state index contributed by atoms with van der Waals surface area (Å²) >= 11 is 0. The second kappa shape index (κ2) is 10.9. The van der Waals surface area contributed by atoms with Crippen LogP contribution in [0.5, 0.6) is 0 Å². The molecular weight excluding hydrogens is 490 g/mol. The molecule has 0 saturated carbocycles. The zero-order chi connectivity index (χ0) is 28.4. The average molecular weight is 526 g/mol. The Labute approximate surface area is 236 Å². The molecule has 5 rings (SSSR count). The molecule has 40 heavy (non-hydrogen) atoms. The smallest absolute Gasteiger partial charge is 0.251 e. The number of hydrogen-bond acceptors (Lipinski definition) is 2. The van der Waals surface area contributed by atoms with Gasteiger partial charge in [0.1, 0.15) is 0 Å². The quantitative estimate of drug-likeness (QED) is 0.244. The number of nitrogens with one attached hydrogen (secondary N) is 1. The molecule has 4 heteroatoms. The van der Waals surface area contributed by atoms with Crippen molar-refractivity contribution in [3.8, 4) is 17.2 Å². The number of carbonyl (C=O) groups excluding carboxylic acids is 1. The van der Waals surface area contributed by atoms with Gasteiger partial charge in [0.25, 0.3) is 5.91 Å². The molecule has 0 radical (unpaired) electrons. The van der Waals surface area contributed by atoms with E-state index in [-0.39, 0.29) is 11.3 Å². The van der Waals surface area contributed by atoms with Crippen LogP contribution in [0.4, 0.5) is 0 Å². The van der Waals surface area contributed by atoms with Crippen LogP contribution in [0.2, 0.25) is 0 Å². The van der Waals surface area contributed by atoms with Crippen molar-refractivity contribution in [1.29, 1.82) is 5.26 Å². The molecule has 1 N–H and O–H groups in total. The fourth-order valence-electron chi connectivity index (χ4n) is 5.21. The Balaban J connectivity index is 1.33. The first-order valence-corrected chi connectivity index (χ1v) is 13.7. The summed E-state index contributed by atoms with van der Waals surface area (Å²) in [6, 6.07) is 32.8. The van der Waals surface area contributed by atoms with E-state index >= 15 is 0 Å². The molecule has 1 aromatic heterocycles. The summed E-state index contributed by atoms with van der Waals surface area (Å²) < 4.78 is 2.31. The number of fused-ring (bicyclic) bond motifs is 1. The van der Waals surface area contributed by atoms with Gasteiger partial charge in [-0.1, -0.05) is 87.5 Å². The van der Waals surface area contributed by atoms with Crippen molar-refractivity contribution >= 4 is 16.8 Å². The van der Waals surface area contributed by atoms with Crippen LogP contribution in [0, 0.1) is 25.2 Å². The molecule has 200 valence electrons. The molecule has 4 aromatic carbocycles. The summed E-state index contributed by atoms with van der Waals surface area (Å²) in [5.41, 5.74) is 10.5. The third kappa shape index (κ3) is 5.42. The number of nitriles is 1. The molecule has 5 aromatic rings. The molecule has 0 spiro atoms. The average Bonchev–Trinajstić information content (AvgIpc) is 3.20. The van der Waals surface area contributed by atoms with E-state index in [4.69, 9.17) is 0 Å². The lowest BCUT2D eigenvalue weighted by Crippen LogP contribution is -2.22. The lowest BCUT2D eigenvalue weighted by atomic mass is 9.87. The molecule has 0 aliphatic carbocycles. The predicted octanol–water partition coefficient (Wildman–Crippen LogP) is 8.07. The predicted molar refractivity (Wildman–Crippen MR) is 163 cm³/mol. The molecule has 0 bridgehead atoms. The first kappa shape index (κ1) is 27.0. The van der Waals surface area contributed by atoms with Gasteiger partial charge in [-0.3, -0.25) is 4.79 Å². The molecule has 1 heterocycles. The number of carbonyl (C=O) groups is 1. The number of amides is 1. The maximum Gasteiger partial charge on any atom is 0.251 e. The second-order valence-electron chi connectivity index (χ2n) is 11.5. The number of hydrogen-bond donors (Lipinski definition) is 1. The molecule has 0 unspecified atom stereocenters. The van der Waals surface area contributed by atoms with Crippen LogP contribution in [0.1, 0.15) is 64.6 Å². The van der Waals surface area contributed by atoms with Gasteiger partial charge in [-0.05, 0) is 76.9 Å². The van der Waals surface area contributed by atoms with Crippen molar-refractivity contribution in [2.24, 2.45) is 0 Å². The molecule has 0 fully saturated rings. The van der Waals surface area contributed by atoms with Crippen molar-refractivity contribution in [1.82, 2.24) is 9.88 Å². The summed E-state index contributed by atoms with van der Waals surface area (Å²) in [6.45, 7) is 12.1. The monoisotopic (exact) mass is 525 g/mol. The standard InChI is InChI=1S/C36H35N3O/c1-24-25(2)39(23-27-10-14-28(15-11-27)32-9-7-6-8-30(32)21-37)34-19-16-29(20-33(24)34)35(40)38-22-26-12-17-31(18-13-26)36(3,4)5/h6-20H,22-23H2,1-5H3,(H,38,40). The fraction of sp³-hybridized carbons (Fsp3) is 0.222. The van der Waals surface area contributed by atoms with Crippen LogP contribution in [-0.4, -0.2) is 10.5 Å². The van der Waals surface area contributed by atoms with Gasteiger partial charge >= 0.3 is 0 Å². The van der Waals surface area contributed by atoms with E-state index in [0.717, 1.165) is 34.1 Å². The van der Waals surface area contributed by atoms with Crippen LogP contribution in [-0.2, 0) is 18.5 Å². The highest BCUT2D eigenvalue weighted by Gasteiger charge is 2.16. The van der Waals surface area contributed by atoms with Gasteiger partial charge in [-0.25, -0.2) is 0 Å². The van der Waals surface area contributed by atoms with Crippen LogP contribution in [0.3, 0.4) is 0 Å². The van der Waals surface area contributed by atoms with E-state index in [0.29, 0.717) is 17.7 Å². The van der Waals surface area contributed by atoms with E-state index in [1.165, 1.54) is 22.4 Å². The lowest BCUT2D eigenvalue weighted by molar-refractivity contribution is 0.0951. The van der Waals surface area contributed by atoms with Crippen molar-refractivity contribution < 1.29 is 4.79 Å². The Kier molecular flexibility index (Phi) is 7.32. The molecule has 0 aliphatic rings. The van der Waals surface area contributed by atoms with Gasteiger partial charge < -0.3 is 9.88 Å². The normalized spacial score (nSPS) is 11.4. The van der Waals surface area contributed by atoms with Crippen LogP contribution in [0.15, 0.2) is 91.0 Å². The minimum Gasteiger partial charge on any atom is -0.348 e. The highest BCUT2D eigenvalue weighted by atomic mass is 16.1. The van der Waals surface area contributed by atoms with Gasteiger partial charge in [0.15, 0.2) is 0 Å². The molecular formula is C36H35N3O. The zero-order valence-electron chi connectivity index (χ0n) is 23.9. The summed E-state index contributed by atoms with van der Waals surface area (Å²) in [6.07, 6.45) is 0. The molecule has 0 saturated heterocycles. The zero-order valence-corrected chi connectivity index (χ0v) is 23.9. The summed E-state index contributed by atoms with van der Waals surface area (Å²) in [4.78, 5) is 13.0. The van der Waals surface area contributed by atoms with Crippen molar-refractivity contribution in [3.63, 3.8) is 0 Å². The van der Waals surface area contributed by atoms with E-state index in [9.17, 15) is 10.1 Å². The second-order valence-corrected chi connectivity index (χ2v) is 11.5. The van der Waals surface area contributed by atoms with E-state index in [2.05, 4.69) is 105 Å². The first-order chi connectivity index (χ1) is 19.2. The van der Waals surface area contributed by atoms with Crippen LogP contribution in [0.25, 0.3) is 22.0 Å². The highest BCUT2D eigenvalue weighted by molar-refractivity contribution is 5.99. The maximum absolute atomic E-state index is 13.0. The van der Waals surface area contributed by atoms with Gasteiger partial charge in [0, 0.05) is 35.2 Å². The van der Waals surface area contributed by atoms with E-state index < -0.39 is 0 Å². The van der Waals surface area contributed by atoms with E-state index in [1.807, 2.05) is 36.4 Å². The summed E-state index contributed by atoms with van der Waals surface area (Å²) in [7, 11) is 0. The van der Waals surface area contributed by atoms with Gasteiger partial charge in [-0.2, -0.15) is 5.26 Å². The van der Waals surface area contributed by atoms with Gasteiger partial charge in [0.05, 0.1) is 11.6 Å². The Bertz CT molecular complexity index is 1730. The Morgan fingerprint density at radius 3 is 2.23 bits per heavy atom.